The Balaban J connectivity index is 0.000000217. The van der Waals surface area contributed by atoms with Gasteiger partial charge >= 0.3 is 12.1 Å². The number of aliphatic carboxylic acids is 1. The molecule has 6 unspecified atom stereocenters. The number of amides is 1. The first-order valence-corrected chi connectivity index (χ1v) is 19.0. The molecule has 2 heterocycles. The van der Waals surface area contributed by atoms with E-state index in [0.717, 1.165) is 25.0 Å². The van der Waals surface area contributed by atoms with E-state index in [2.05, 4.69) is 25.5 Å². The first kappa shape index (κ1) is 47.6. The van der Waals surface area contributed by atoms with Crippen molar-refractivity contribution in [3.8, 4) is 0 Å². The molecule has 3 aliphatic carbocycles. The molecule has 13 heteroatoms. The summed E-state index contributed by atoms with van der Waals surface area (Å²) in [5.41, 5.74) is 8.62. The van der Waals surface area contributed by atoms with Gasteiger partial charge in [0, 0.05) is 73.8 Å². The summed E-state index contributed by atoms with van der Waals surface area (Å²) in [6, 6.07) is 18.4. The predicted molar refractivity (Wildman–Crippen MR) is 205 cm³/mol. The molecule has 2 saturated carbocycles. The number of nitrogens with two attached hydrogens (primary N) is 1. The molecule has 0 aromatic heterocycles. The van der Waals surface area contributed by atoms with E-state index in [9.17, 15) is 24.3 Å². The summed E-state index contributed by atoms with van der Waals surface area (Å²) in [6.45, 7) is 13.5. The average Bonchev–Trinajstić information content (AvgIpc) is 3.49. The third kappa shape index (κ3) is 12.4. The molecule has 5 N–H and O–H groups in total. The topological polar surface area (TPSA) is 192 Å². The van der Waals surface area contributed by atoms with Gasteiger partial charge in [0.15, 0.2) is 5.79 Å². The van der Waals surface area contributed by atoms with Gasteiger partial charge in [0.05, 0.1) is 31.2 Å². The maximum atomic E-state index is 13.3. The minimum absolute atomic E-state index is 0. The molecule has 12 nitrogen and oxygen atoms in total. The van der Waals surface area contributed by atoms with Crippen molar-refractivity contribution in [1.82, 2.24) is 0 Å². The number of rotatable bonds is 6. The first-order chi connectivity index (χ1) is 25.8. The number of allylic oxidation sites excluding steroid dienone is 2. The van der Waals surface area contributed by atoms with E-state index < -0.39 is 29.4 Å². The van der Waals surface area contributed by atoms with Crippen LogP contribution in [0.25, 0.3) is 0 Å². The van der Waals surface area contributed by atoms with Crippen LogP contribution >= 0.6 is 0 Å². The van der Waals surface area contributed by atoms with Gasteiger partial charge in [-0.15, -0.1) is 6.92 Å². The van der Waals surface area contributed by atoms with Crippen molar-refractivity contribution >= 4 is 23.8 Å². The second kappa shape index (κ2) is 20.8. The van der Waals surface area contributed by atoms with Crippen molar-refractivity contribution in [2.24, 2.45) is 34.3 Å². The molecule has 1 amide bonds. The van der Waals surface area contributed by atoms with Crippen molar-refractivity contribution in [1.29, 1.82) is 0 Å². The van der Waals surface area contributed by atoms with Crippen molar-refractivity contribution in [3.63, 3.8) is 0 Å². The van der Waals surface area contributed by atoms with Gasteiger partial charge < -0.3 is 44.8 Å². The number of aryl methyl sites for hydroxylation is 1. The fourth-order valence-electron chi connectivity index (χ4n) is 8.36. The van der Waals surface area contributed by atoms with Crippen molar-refractivity contribution in [2.45, 2.75) is 104 Å². The number of carboxylic acids is 1. The molecular weight excluding hydrogens is 933 g/mol. The van der Waals surface area contributed by atoms with Gasteiger partial charge in [0.1, 0.15) is 12.7 Å². The second-order valence-corrected chi connectivity index (χ2v) is 16.2. The Morgan fingerprint density at radius 2 is 1.57 bits per heavy atom. The summed E-state index contributed by atoms with van der Waals surface area (Å²) in [7, 11) is 0. The number of primary amides is 1. The third-order valence-corrected chi connectivity index (χ3v) is 11.8. The van der Waals surface area contributed by atoms with Crippen LogP contribution in [0.5, 0.6) is 0 Å². The zero-order valence-corrected chi connectivity index (χ0v) is 38.2. The van der Waals surface area contributed by atoms with E-state index in [1.165, 1.54) is 17.6 Å². The SMILES string of the molecule is CC1(C)OCC(COC(=O)O)O1.CC1=C2[CH-]C(=O)C3(C)C(O)CC4OC[C@H]4C3CC(CC1)C2(C)C.NC(=O)c1ccccc1.O=C(O)CCc1ccccc1.[Ac]. The van der Waals surface area contributed by atoms with E-state index in [-0.39, 0.29) is 92.3 Å². The smallest absolute Gasteiger partial charge is 0.481 e. The van der Waals surface area contributed by atoms with E-state index in [4.69, 9.17) is 30.2 Å². The maximum Gasteiger partial charge on any atom is 0.505 e. The van der Waals surface area contributed by atoms with Crippen LogP contribution in [0, 0.1) is 79.1 Å². The summed E-state index contributed by atoms with van der Waals surface area (Å²) in [4.78, 5) is 43.8. The molecule has 305 valence electrons. The molecule has 2 aromatic carbocycles. The molecule has 5 aliphatic rings. The molecule has 2 saturated heterocycles. The Bertz CT molecular complexity index is 1660. The number of aliphatic hydroxyl groups excluding tert-OH is 1. The van der Waals surface area contributed by atoms with Crippen LogP contribution in [0.4, 0.5) is 4.79 Å². The fraction of sp³-hybridized carbons (Fsp3) is 0.558. The Labute approximate surface area is 366 Å². The molecular formula is C43H58AcNO11-. The van der Waals surface area contributed by atoms with Gasteiger partial charge in [0.25, 0.3) is 0 Å². The van der Waals surface area contributed by atoms with Gasteiger partial charge in [-0.1, -0.05) is 82.1 Å². The van der Waals surface area contributed by atoms with Gasteiger partial charge in [-0.2, -0.15) is 6.42 Å². The van der Waals surface area contributed by atoms with Crippen molar-refractivity contribution in [2.75, 3.05) is 19.8 Å². The molecule has 4 fully saturated rings. The quantitative estimate of drug-likeness (QED) is 0.179. The molecule has 7 atom stereocenters. The van der Waals surface area contributed by atoms with Crippen LogP contribution in [0.1, 0.15) is 89.6 Å². The Morgan fingerprint density at radius 3 is 2.07 bits per heavy atom. The molecule has 2 aliphatic heterocycles. The number of carbonyl (C=O) groups is 4. The standard InChI is InChI=1S/C20H29O3.C9H10O2.C7H7NO.C7H12O5.Ac/c1-11-5-6-12-7-15-13-10-23-16(13)9-18(22)20(15,4)17(21)8-14(11)19(12,2)3;10-9(11)7-6-8-4-2-1-3-5-8;8-7(9)6-4-2-1-3-5-6;1-7(2)11-4-5(12-7)3-10-6(8)9;/h8,12-13,15-16,18,22H,5-7,9-10H2,1-4H3;1-5H,6-7H2,(H,10,11);1-5H,(H2,8,9);5H,3-4H2,1-2H3,(H,8,9);/q-1;;;;/t12?,13-,15?,16?,18?,20?;;;;/m0..../s1. The molecule has 2 aromatic rings. The maximum absolute atomic E-state index is 13.3. The number of Topliss-reactive ketones (excluding diaryl/α,β-unsaturated/α-hetero) is 1. The third-order valence-electron chi connectivity index (χ3n) is 11.8. The fourth-order valence-corrected chi connectivity index (χ4v) is 8.36. The summed E-state index contributed by atoms with van der Waals surface area (Å²) in [5, 5.41) is 27.4. The molecule has 56 heavy (non-hydrogen) atoms. The summed E-state index contributed by atoms with van der Waals surface area (Å²) in [5.74, 6) is -0.316. The number of hydrogen-bond donors (Lipinski definition) is 4. The average molecular weight is 992 g/mol. The second-order valence-electron chi connectivity index (χ2n) is 16.2. The van der Waals surface area contributed by atoms with Crippen LogP contribution in [-0.2, 0) is 35.0 Å². The van der Waals surface area contributed by atoms with Crippen LogP contribution in [0.2, 0.25) is 0 Å². The number of hydrogen-bond acceptors (Lipinski definition) is 9. The molecule has 1 radical (unpaired) electrons. The van der Waals surface area contributed by atoms with E-state index in [0.29, 0.717) is 36.8 Å². The molecule has 2 bridgehead atoms. The summed E-state index contributed by atoms with van der Waals surface area (Å²) >= 11 is 0. The monoisotopic (exact) mass is 991 g/mol. The molecule has 0 spiro atoms. The Hall–Kier alpha value is -2.79. The van der Waals surface area contributed by atoms with Crippen molar-refractivity contribution in [3.05, 3.63) is 89.4 Å². The number of aliphatic hydroxyl groups is 1. The summed E-state index contributed by atoms with van der Waals surface area (Å²) in [6.07, 6.45) is 4.70. The largest absolute Gasteiger partial charge is 0.505 e. The van der Waals surface area contributed by atoms with Crippen LogP contribution in [-0.4, -0.2) is 83.1 Å². The predicted octanol–water partition coefficient (Wildman–Crippen LogP) is 6.64. The number of ether oxygens (including phenoxy) is 4. The van der Waals surface area contributed by atoms with Crippen LogP contribution < -0.4 is 5.73 Å². The number of ketones is 1. The number of carbonyl (C=O) groups excluding carboxylic acids is 2. The van der Waals surface area contributed by atoms with Crippen LogP contribution in [0.3, 0.4) is 0 Å². The van der Waals surface area contributed by atoms with E-state index in [1.54, 1.807) is 38.1 Å². The zero-order chi connectivity index (χ0) is 40.6. The Kier molecular flexibility index (Phi) is 17.6. The normalized spacial score (nSPS) is 28.9. The number of benzene rings is 2. The Morgan fingerprint density at radius 1 is 0.946 bits per heavy atom. The van der Waals surface area contributed by atoms with Gasteiger partial charge in [-0.05, 0) is 61.6 Å². The van der Waals surface area contributed by atoms with E-state index in [1.807, 2.05) is 49.7 Å². The van der Waals surface area contributed by atoms with Crippen LogP contribution in [0.15, 0.2) is 71.8 Å². The molecule has 7 rings (SSSR count). The van der Waals surface area contributed by atoms with E-state index >= 15 is 0 Å². The number of fused-ring (bicyclic) bond motifs is 5. The van der Waals surface area contributed by atoms with Gasteiger partial charge in [-0.25, -0.2) is 15.9 Å². The zero-order valence-electron chi connectivity index (χ0n) is 33.4. The number of carboxylic acid groups (broad SMARTS) is 2. The minimum atomic E-state index is -1.29. The van der Waals surface area contributed by atoms with Gasteiger partial charge in [0.2, 0.25) is 5.91 Å². The van der Waals surface area contributed by atoms with Crippen molar-refractivity contribution < 1.29 is 97.5 Å². The van der Waals surface area contributed by atoms with Gasteiger partial charge in [-0.3, -0.25) is 9.59 Å². The minimum Gasteiger partial charge on any atom is -0.481 e. The first-order valence-electron chi connectivity index (χ1n) is 19.0. The summed E-state index contributed by atoms with van der Waals surface area (Å²) < 4.78 is 20.5.